The molecule has 5 heteroatoms. The highest BCUT2D eigenvalue weighted by Crippen LogP contribution is 2.23. The van der Waals surface area contributed by atoms with Gasteiger partial charge in [0.15, 0.2) is 0 Å². The van der Waals surface area contributed by atoms with Gasteiger partial charge in [-0.05, 0) is 25.3 Å². The van der Waals surface area contributed by atoms with Crippen LogP contribution >= 0.6 is 0 Å². The fraction of sp³-hybridized carbons (Fsp3) is 0.600. The van der Waals surface area contributed by atoms with Crippen molar-refractivity contribution in [1.82, 2.24) is 10.2 Å². The van der Waals surface area contributed by atoms with Crippen molar-refractivity contribution in [1.29, 1.82) is 0 Å². The minimum Gasteiger partial charge on any atom is -0.353 e. The van der Waals surface area contributed by atoms with Gasteiger partial charge in [0.1, 0.15) is 5.82 Å². The zero-order chi connectivity index (χ0) is 17.6. The maximum atomic E-state index is 13.9. The Bertz CT molecular complexity index is 611. The number of hydrogen-bond acceptors (Lipinski definition) is 2. The molecule has 4 nitrogen and oxygen atoms in total. The summed E-state index contributed by atoms with van der Waals surface area (Å²) < 4.78 is 13.9. The van der Waals surface area contributed by atoms with E-state index in [0.717, 1.165) is 12.8 Å². The van der Waals surface area contributed by atoms with Gasteiger partial charge in [-0.25, -0.2) is 4.39 Å². The van der Waals surface area contributed by atoms with Crippen molar-refractivity contribution in [2.24, 2.45) is 5.92 Å². The van der Waals surface area contributed by atoms with Gasteiger partial charge >= 0.3 is 0 Å². The van der Waals surface area contributed by atoms with Crippen LogP contribution in [0, 0.1) is 11.7 Å². The van der Waals surface area contributed by atoms with Gasteiger partial charge in [0.2, 0.25) is 11.8 Å². The van der Waals surface area contributed by atoms with Crippen LogP contribution in [0.25, 0.3) is 0 Å². The predicted molar refractivity (Wildman–Crippen MR) is 94.2 cm³/mol. The van der Waals surface area contributed by atoms with E-state index in [1.165, 1.54) is 31.7 Å². The first-order valence-electron chi connectivity index (χ1n) is 9.45. The van der Waals surface area contributed by atoms with Gasteiger partial charge in [0.25, 0.3) is 0 Å². The number of nitrogens with one attached hydrogen (secondary N) is 1. The number of nitrogens with zero attached hydrogens (tertiary/aromatic N) is 1. The molecule has 1 saturated heterocycles. The van der Waals surface area contributed by atoms with Gasteiger partial charge < -0.3 is 10.2 Å². The second kappa shape index (κ2) is 8.45. The van der Waals surface area contributed by atoms with Crippen LogP contribution in [0.2, 0.25) is 0 Å². The molecule has 1 N–H and O–H groups in total. The SMILES string of the molecule is O=C(NC1CCCCCC1)[C@@H]1CCC(=O)N(Cc2ccccc2F)C1. The van der Waals surface area contributed by atoms with E-state index < -0.39 is 0 Å². The molecule has 3 rings (SSSR count). The number of likely N-dealkylation sites (tertiary alicyclic amines) is 1. The summed E-state index contributed by atoms with van der Waals surface area (Å²) in [7, 11) is 0. The van der Waals surface area contributed by atoms with Crippen molar-refractivity contribution in [2.45, 2.75) is 64.0 Å². The Labute approximate surface area is 148 Å². The van der Waals surface area contributed by atoms with Crippen molar-refractivity contribution in [3.05, 3.63) is 35.6 Å². The second-order valence-electron chi connectivity index (χ2n) is 7.30. The molecule has 0 unspecified atom stereocenters. The number of carbonyl (C=O) groups is 2. The van der Waals surface area contributed by atoms with E-state index in [0.29, 0.717) is 24.9 Å². The minimum atomic E-state index is -0.305. The average Bonchev–Trinajstić information content (AvgIpc) is 2.87. The van der Waals surface area contributed by atoms with Gasteiger partial charge in [-0.15, -0.1) is 0 Å². The number of rotatable bonds is 4. The third-order valence-corrected chi connectivity index (χ3v) is 5.39. The second-order valence-corrected chi connectivity index (χ2v) is 7.30. The highest BCUT2D eigenvalue weighted by atomic mass is 19.1. The van der Waals surface area contributed by atoms with Crippen molar-refractivity contribution < 1.29 is 14.0 Å². The average molecular weight is 346 g/mol. The lowest BCUT2D eigenvalue weighted by molar-refractivity contribution is -0.139. The van der Waals surface area contributed by atoms with Crippen molar-refractivity contribution >= 4 is 11.8 Å². The van der Waals surface area contributed by atoms with Crippen LogP contribution in [-0.2, 0) is 16.1 Å². The van der Waals surface area contributed by atoms with Gasteiger partial charge in [-0.1, -0.05) is 43.9 Å². The molecular weight excluding hydrogens is 319 g/mol. The summed E-state index contributed by atoms with van der Waals surface area (Å²) in [6.45, 7) is 0.616. The first-order chi connectivity index (χ1) is 12.1. The standard InChI is InChI=1S/C20H27FN2O2/c21-18-10-6-5-7-15(18)13-23-14-16(11-12-19(23)24)20(25)22-17-8-3-1-2-4-9-17/h5-7,10,16-17H,1-4,8-9,11-14H2,(H,22,25)/t16-/m1/s1. The molecule has 2 fully saturated rings. The molecule has 2 amide bonds. The van der Waals surface area contributed by atoms with E-state index in [-0.39, 0.29) is 36.1 Å². The minimum absolute atomic E-state index is 0.00164. The van der Waals surface area contributed by atoms with Crippen molar-refractivity contribution in [3.8, 4) is 0 Å². The summed E-state index contributed by atoms with van der Waals surface area (Å²) in [5.41, 5.74) is 0.501. The molecule has 0 spiro atoms. The van der Waals surface area contributed by atoms with E-state index in [2.05, 4.69) is 5.32 Å². The molecule has 25 heavy (non-hydrogen) atoms. The number of amides is 2. The van der Waals surface area contributed by atoms with E-state index in [9.17, 15) is 14.0 Å². The molecule has 2 aliphatic rings. The highest BCUT2D eigenvalue weighted by Gasteiger charge is 2.31. The first kappa shape index (κ1) is 17.9. The Morgan fingerprint density at radius 1 is 1.12 bits per heavy atom. The lowest BCUT2D eigenvalue weighted by Gasteiger charge is -2.33. The largest absolute Gasteiger partial charge is 0.353 e. The van der Waals surface area contributed by atoms with E-state index in [1.54, 1.807) is 23.1 Å². The zero-order valence-electron chi connectivity index (χ0n) is 14.7. The summed E-state index contributed by atoms with van der Waals surface area (Å²) >= 11 is 0. The Hall–Kier alpha value is -1.91. The Morgan fingerprint density at radius 2 is 1.84 bits per heavy atom. The van der Waals surface area contributed by atoms with Crippen LogP contribution < -0.4 is 5.32 Å². The summed E-state index contributed by atoms with van der Waals surface area (Å²) in [5.74, 6) is -0.437. The van der Waals surface area contributed by atoms with Crippen molar-refractivity contribution in [2.75, 3.05) is 6.54 Å². The smallest absolute Gasteiger partial charge is 0.225 e. The van der Waals surface area contributed by atoms with E-state index >= 15 is 0 Å². The molecule has 1 saturated carbocycles. The van der Waals surface area contributed by atoms with Gasteiger partial charge in [0.05, 0.1) is 5.92 Å². The summed E-state index contributed by atoms with van der Waals surface area (Å²) in [6.07, 6.45) is 7.90. The normalized spacial score (nSPS) is 22.5. The monoisotopic (exact) mass is 346 g/mol. The van der Waals surface area contributed by atoms with Crippen molar-refractivity contribution in [3.63, 3.8) is 0 Å². The molecule has 1 aliphatic carbocycles. The van der Waals surface area contributed by atoms with Crippen LogP contribution in [0.15, 0.2) is 24.3 Å². The lowest BCUT2D eigenvalue weighted by Crippen LogP contribution is -2.47. The zero-order valence-corrected chi connectivity index (χ0v) is 14.7. The Kier molecular flexibility index (Phi) is 6.05. The lowest BCUT2D eigenvalue weighted by atomic mass is 9.95. The van der Waals surface area contributed by atoms with E-state index in [4.69, 9.17) is 0 Å². The first-order valence-corrected chi connectivity index (χ1v) is 9.45. The molecule has 1 aliphatic heterocycles. The van der Waals surface area contributed by atoms with Crippen LogP contribution in [0.5, 0.6) is 0 Å². The number of piperidine rings is 1. The molecular formula is C20H27FN2O2. The molecule has 1 aromatic carbocycles. The van der Waals surface area contributed by atoms with Gasteiger partial charge in [-0.3, -0.25) is 9.59 Å². The maximum absolute atomic E-state index is 13.9. The third-order valence-electron chi connectivity index (χ3n) is 5.39. The van der Waals surface area contributed by atoms with Crippen LogP contribution in [0.1, 0.15) is 56.9 Å². The number of carbonyl (C=O) groups excluding carboxylic acids is 2. The molecule has 136 valence electrons. The molecule has 0 bridgehead atoms. The van der Waals surface area contributed by atoms with E-state index in [1.807, 2.05) is 0 Å². The molecule has 0 radical (unpaired) electrons. The molecule has 0 aromatic heterocycles. The number of hydrogen-bond donors (Lipinski definition) is 1. The Balaban J connectivity index is 1.58. The maximum Gasteiger partial charge on any atom is 0.225 e. The number of halogens is 1. The summed E-state index contributed by atoms with van der Waals surface area (Å²) in [5, 5.41) is 3.19. The summed E-state index contributed by atoms with van der Waals surface area (Å²) in [6, 6.07) is 6.77. The molecule has 1 aromatic rings. The Morgan fingerprint density at radius 3 is 2.56 bits per heavy atom. The highest BCUT2D eigenvalue weighted by molar-refractivity contribution is 5.84. The molecule has 1 atom stereocenters. The quantitative estimate of drug-likeness (QED) is 0.850. The van der Waals surface area contributed by atoms with Crippen LogP contribution in [0.4, 0.5) is 4.39 Å². The van der Waals surface area contributed by atoms with Gasteiger partial charge in [-0.2, -0.15) is 0 Å². The third kappa shape index (κ3) is 4.80. The molecule has 1 heterocycles. The van der Waals surface area contributed by atoms with Crippen LogP contribution in [0.3, 0.4) is 0 Å². The topological polar surface area (TPSA) is 49.4 Å². The fourth-order valence-electron chi connectivity index (χ4n) is 3.86. The number of benzene rings is 1. The summed E-state index contributed by atoms with van der Waals surface area (Å²) in [4.78, 5) is 26.4. The van der Waals surface area contributed by atoms with Gasteiger partial charge in [0, 0.05) is 31.1 Å². The fourth-order valence-corrected chi connectivity index (χ4v) is 3.86. The predicted octanol–water partition coefficient (Wildman–Crippen LogP) is 3.40. The van der Waals surface area contributed by atoms with Crippen LogP contribution in [-0.4, -0.2) is 29.3 Å².